The summed E-state index contributed by atoms with van der Waals surface area (Å²) in [7, 11) is 0. The topological polar surface area (TPSA) is 76.1 Å². The summed E-state index contributed by atoms with van der Waals surface area (Å²) < 4.78 is 5.95. The Hall–Kier alpha value is -1.14. The zero-order valence-electron chi connectivity index (χ0n) is 22.1. The Morgan fingerprint density at radius 1 is 0.848 bits per heavy atom. The zero-order valence-corrected chi connectivity index (χ0v) is 22.1. The second-order valence-electron chi connectivity index (χ2n) is 10.9. The number of hydrogen-bond donors (Lipinski definition) is 1. The van der Waals surface area contributed by atoms with Crippen molar-refractivity contribution in [2.45, 2.75) is 155 Å². The molecule has 1 fully saturated rings. The lowest BCUT2D eigenvalue weighted by molar-refractivity contribution is -0.304. The monoisotopic (exact) mass is 469 g/mol. The average molecular weight is 470 g/mol. The molecular formula is C27H51NO5. The standard InChI is InChI=1S/C27H51NO5/c1-6-7-8-9-14-17-22-32-28-26(2,3)21-20-23(27(28,4)5)33-25(31)19-16-13-11-10-12-15-18-24(29)30/h23H,6-22H2,1-5H3,(H,29,30). The maximum Gasteiger partial charge on any atom is 0.306 e. The number of carbonyl (C=O) groups is 2. The van der Waals surface area contributed by atoms with E-state index in [0.717, 1.165) is 57.8 Å². The van der Waals surface area contributed by atoms with Gasteiger partial charge in [0.05, 0.1) is 12.1 Å². The number of rotatable bonds is 18. The Labute approximate surface area is 202 Å². The highest BCUT2D eigenvalue weighted by Crippen LogP contribution is 2.40. The quantitative estimate of drug-likeness (QED) is 0.171. The Morgan fingerprint density at radius 2 is 1.39 bits per heavy atom. The number of aliphatic carboxylic acids is 1. The van der Waals surface area contributed by atoms with Crippen molar-refractivity contribution in [2.75, 3.05) is 6.61 Å². The summed E-state index contributed by atoms with van der Waals surface area (Å²) in [5.41, 5.74) is -0.459. The molecule has 0 radical (unpaired) electrons. The van der Waals surface area contributed by atoms with E-state index in [1.165, 1.54) is 32.1 Å². The van der Waals surface area contributed by atoms with E-state index in [2.05, 4.69) is 39.7 Å². The summed E-state index contributed by atoms with van der Waals surface area (Å²) >= 11 is 0. The van der Waals surface area contributed by atoms with Gasteiger partial charge in [0.2, 0.25) is 0 Å². The first kappa shape index (κ1) is 29.9. The van der Waals surface area contributed by atoms with E-state index in [-0.39, 0.29) is 29.6 Å². The molecule has 1 aliphatic heterocycles. The van der Waals surface area contributed by atoms with Gasteiger partial charge in [0, 0.05) is 18.4 Å². The second-order valence-corrected chi connectivity index (χ2v) is 10.9. The molecule has 0 aromatic heterocycles. The third-order valence-electron chi connectivity index (χ3n) is 6.89. The number of hydroxylamine groups is 2. The molecule has 1 atom stereocenters. The number of carboxylic acid groups (broad SMARTS) is 1. The fourth-order valence-corrected chi connectivity index (χ4v) is 4.90. The van der Waals surface area contributed by atoms with Gasteiger partial charge >= 0.3 is 11.9 Å². The van der Waals surface area contributed by atoms with Gasteiger partial charge in [0.15, 0.2) is 0 Å². The molecule has 0 aromatic carbocycles. The summed E-state index contributed by atoms with van der Waals surface area (Å²) in [4.78, 5) is 29.3. The lowest BCUT2D eigenvalue weighted by Gasteiger charge is -2.54. The van der Waals surface area contributed by atoms with Crippen molar-refractivity contribution in [3.8, 4) is 0 Å². The van der Waals surface area contributed by atoms with Crippen molar-refractivity contribution in [1.29, 1.82) is 0 Å². The van der Waals surface area contributed by atoms with Crippen molar-refractivity contribution in [2.24, 2.45) is 0 Å². The number of ether oxygens (including phenoxy) is 1. The first-order valence-electron chi connectivity index (χ1n) is 13.5. The molecule has 1 unspecified atom stereocenters. The van der Waals surface area contributed by atoms with Gasteiger partial charge < -0.3 is 9.84 Å². The van der Waals surface area contributed by atoms with Crippen molar-refractivity contribution >= 4 is 11.9 Å². The van der Waals surface area contributed by atoms with E-state index >= 15 is 0 Å². The van der Waals surface area contributed by atoms with E-state index in [1.807, 2.05) is 0 Å². The molecule has 0 saturated carbocycles. The predicted molar refractivity (Wildman–Crippen MR) is 133 cm³/mol. The molecular weight excluding hydrogens is 418 g/mol. The van der Waals surface area contributed by atoms with Crippen molar-refractivity contribution in [3.05, 3.63) is 0 Å². The van der Waals surface area contributed by atoms with E-state index < -0.39 is 5.97 Å². The van der Waals surface area contributed by atoms with Crippen LogP contribution < -0.4 is 0 Å². The fraction of sp³-hybridized carbons (Fsp3) is 0.926. The molecule has 0 spiro atoms. The van der Waals surface area contributed by atoms with Gasteiger partial charge in [-0.3, -0.25) is 14.4 Å². The minimum atomic E-state index is -0.724. The summed E-state index contributed by atoms with van der Waals surface area (Å²) in [5.74, 6) is -0.840. The number of carbonyl (C=O) groups excluding carboxylic acids is 1. The van der Waals surface area contributed by atoms with E-state index in [0.29, 0.717) is 13.0 Å². The van der Waals surface area contributed by atoms with Crippen LogP contribution >= 0.6 is 0 Å². The zero-order chi connectivity index (χ0) is 24.7. The van der Waals surface area contributed by atoms with Crippen LogP contribution in [-0.2, 0) is 19.2 Å². The molecule has 33 heavy (non-hydrogen) atoms. The molecule has 1 rings (SSSR count). The molecule has 1 heterocycles. The summed E-state index contributed by atoms with van der Waals surface area (Å²) in [6.07, 6.45) is 15.3. The molecule has 1 N–H and O–H groups in total. The normalized spacial score (nSPS) is 20.0. The molecule has 0 aliphatic carbocycles. The molecule has 194 valence electrons. The second kappa shape index (κ2) is 15.7. The first-order valence-corrected chi connectivity index (χ1v) is 13.5. The van der Waals surface area contributed by atoms with Gasteiger partial charge in [0.1, 0.15) is 6.10 Å². The van der Waals surface area contributed by atoms with Crippen LogP contribution in [-0.4, -0.2) is 45.9 Å². The number of piperidine rings is 1. The van der Waals surface area contributed by atoms with Crippen LogP contribution in [0.4, 0.5) is 0 Å². The van der Waals surface area contributed by atoms with E-state index in [4.69, 9.17) is 14.7 Å². The van der Waals surface area contributed by atoms with Crippen LogP contribution in [0.5, 0.6) is 0 Å². The molecule has 6 nitrogen and oxygen atoms in total. The van der Waals surface area contributed by atoms with Crippen LogP contribution in [0.3, 0.4) is 0 Å². The highest BCUT2D eigenvalue weighted by Gasteiger charge is 2.50. The van der Waals surface area contributed by atoms with Crippen molar-refractivity contribution in [3.63, 3.8) is 0 Å². The first-order chi connectivity index (χ1) is 15.6. The highest BCUT2D eigenvalue weighted by molar-refractivity contribution is 5.69. The van der Waals surface area contributed by atoms with Crippen LogP contribution in [0.25, 0.3) is 0 Å². The SMILES string of the molecule is CCCCCCCCON1C(C)(C)CCC(OC(=O)CCCCCCCCC(=O)O)C1(C)C. The third kappa shape index (κ3) is 11.7. The predicted octanol–water partition coefficient (Wildman–Crippen LogP) is 7.05. The smallest absolute Gasteiger partial charge is 0.306 e. The number of carboxylic acids is 1. The van der Waals surface area contributed by atoms with E-state index in [1.54, 1.807) is 0 Å². The number of nitrogens with zero attached hydrogens (tertiary/aromatic N) is 1. The highest BCUT2D eigenvalue weighted by atomic mass is 16.7. The number of hydrogen-bond acceptors (Lipinski definition) is 5. The molecule has 1 saturated heterocycles. The van der Waals surface area contributed by atoms with Gasteiger partial charge in [-0.05, 0) is 59.8 Å². The minimum Gasteiger partial charge on any atom is -0.481 e. The van der Waals surface area contributed by atoms with Crippen molar-refractivity contribution < 1.29 is 24.3 Å². The third-order valence-corrected chi connectivity index (χ3v) is 6.89. The Morgan fingerprint density at radius 3 is 2.00 bits per heavy atom. The largest absolute Gasteiger partial charge is 0.481 e. The molecule has 0 aromatic rings. The maximum atomic E-state index is 12.5. The number of unbranched alkanes of at least 4 members (excludes halogenated alkanes) is 10. The summed E-state index contributed by atoms with van der Waals surface area (Å²) in [6.45, 7) is 11.6. The molecule has 6 heteroatoms. The van der Waals surface area contributed by atoms with Crippen LogP contribution in [0.2, 0.25) is 0 Å². The Bertz CT molecular complexity index is 561. The summed E-state index contributed by atoms with van der Waals surface area (Å²) in [5, 5.41) is 10.8. The average Bonchev–Trinajstić information content (AvgIpc) is 2.73. The van der Waals surface area contributed by atoms with E-state index in [9.17, 15) is 9.59 Å². The lowest BCUT2D eigenvalue weighted by Crippen LogP contribution is -2.65. The van der Waals surface area contributed by atoms with Gasteiger partial charge in [-0.2, -0.15) is 5.06 Å². The Kier molecular flexibility index (Phi) is 14.2. The van der Waals surface area contributed by atoms with Gasteiger partial charge in [-0.1, -0.05) is 64.7 Å². The lowest BCUT2D eigenvalue weighted by atomic mass is 9.79. The number of esters is 1. The maximum absolute atomic E-state index is 12.5. The Balaban J connectivity index is 2.36. The molecule has 1 aliphatic rings. The molecule has 0 bridgehead atoms. The fourth-order valence-electron chi connectivity index (χ4n) is 4.90. The minimum absolute atomic E-state index is 0.0880. The van der Waals surface area contributed by atoms with Gasteiger partial charge in [0.25, 0.3) is 0 Å². The van der Waals surface area contributed by atoms with Crippen molar-refractivity contribution in [1.82, 2.24) is 5.06 Å². The van der Waals surface area contributed by atoms with Crippen LogP contribution in [0.15, 0.2) is 0 Å². The summed E-state index contributed by atoms with van der Waals surface area (Å²) in [6, 6.07) is 0. The van der Waals surface area contributed by atoms with Gasteiger partial charge in [-0.25, -0.2) is 0 Å². The van der Waals surface area contributed by atoms with Crippen LogP contribution in [0, 0.1) is 0 Å². The van der Waals surface area contributed by atoms with Crippen LogP contribution in [0.1, 0.15) is 137 Å². The van der Waals surface area contributed by atoms with Gasteiger partial charge in [-0.15, -0.1) is 0 Å². The molecule has 0 amide bonds.